The first-order valence-corrected chi connectivity index (χ1v) is 11.0. The molecule has 9 heteroatoms. The molecule has 5 atom stereocenters. The van der Waals surface area contributed by atoms with E-state index in [2.05, 4.69) is 0 Å². The van der Waals surface area contributed by atoms with Crippen LogP contribution >= 0.6 is 0 Å². The zero-order valence-corrected chi connectivity index (χ0v) is 18.2. The smallest absolute Gasteiger partial charge is 0.273 e. The lowest BCUT2D eigenvalue weighted by Gasteiger charge is -2.35. The molecule has 9 nitrogen and oxygen atoms in total. The number of fused-ring (bicyclic) bond motifs is 5. The van der Waals surface area contributed by atoms with Gasteiger partial charge >= 0.3 is 0 Å². The van der Waals surface area contributed by atoms with E-state index in [0.717, 1.165) is 16.4 Å². The van der Waals surface area contributed by atoms with Gasteiger partial charge in [-0.05, 0) is 37.3 Å². The SMILES string of the molecule is C[C@H](C(=O)c1ccccc1)N(C(=O)c1ccc([N+](=O)[O-])cc1)N1C(=O)[C@@H]2[C@H](C1=O)[C@H]1C=C[C@H]2C1. The van der Waals surface area contributed by atoms with Crippen LogP contribution in [0.5, 0.6) is 0 Å². The number of nitrogens with zero attached hydrogens (tertiary/aromatic N) is 3. The number of nitro benzene ring substituents is 1. The number of amides is 3. The number of carbonyl (C=O) groups is 4. The van der Waals surface area contributed by atoms with Gasteiger partial charge in [0.15, 0.2) is 5.78 Å². The molecule has 0 aromatic heterocycles. The van der Waals surface area contributed by atoms with Crippen molar-refractivity contribution in [2.24, 2.45) is 23.7 Å². The standard InChI is InChI=1S/C25H21N3O6/c1-14(22(29)15-5-3-2-4-6-15)26(23(30)16-9-11-19(12-10-16)28(33)34)27-24(31)20-17-7-8-18(13-17)21(20)25(27)32/h2-12,14,17-18,20-21H,13H2,1H3/t14-,17+,18+,20-,21+/m1/s1. The minimum atomic E-state index is -1.16. The van der Waals surface area contributed by atoms with Crippen LogP contribution in [-0.4, -0.2) is 44.5 Å². The van der Waals surface area contributed by atoms with Crippen molar-refractivity contribution < 1.29 is 24.1 Å². The van der Waals surface area contributed by atoms with Crippen LogP contribution in [-0.2, 0) is 9.59 Å². The summed E-state index contributed by atoms with van der Waals surface area (Å²) in [5.74, 6) is -3.39. The van der Waals surface area contributed by atoms with Crippen LogP contribution in [0.25, 0.3) is 0 Å². The quantitative estimate of drug-likeness (QED) is 0.215. The number of benzene rings is 2. The van der Waals surface area contributed by atoms with Crippen molar-refractivity contribution in [3.05, 3.63) is 88.0 Å². The molecule has 2 bridgehead atoms. The number of hydrogen-bond acceptors (Lipinski definition) is 6. The first-order chi connectivity index (χ1) is 16.3. The molecule has 0 spiro atoms. The lowest BCUT2D eigenvalue weighted by molar-refractivity contribution is -0.384. The van der Waals surface area contributed by atoms with E-state index >= 15 is 0 Å². The Morgan fingerprint density at radius 2 is 1.50 bits per heavy atom. The van der Waals surface area contributed by atoms with E-state index in [1.807, 2.05) is 12.2 Å². The number of ketones is 1. The molecule has 172 valence electrons. The van der Waals surface area contributed by atoms with Gasteiger partial charge in [-0.3, -0.25) is 29.3 Å². The number of hydrazine groups is 1. The Bertz CT molecular complexity index is 1210. The highest BCUT2D eigenvalue weighted by Gasteiger charge is 2.61. The molecule has 3 amide bonds. The largest absolute Gasteiger partial charge is 0.292 e. The summed E-state index contributed by atoms with van der Waals surface area (Å²) >= 11 is 0. The minimum absolute atomic E-state index is 0.0251. The zero-order valence-electron chi connectivity index (χ0n) is 18.2. The van der Waals surface area contributed by atoms with Crippen LogP contribution in [0.2, 0.25) is 0 Å². The number of Topliss-reactive ketones (excluding diaryl/α,β-unsaturated/α-hetero) is 1. The van der Waals surface area contributed by atoms with Crippen molar-refractivity contribution in [1.29, 1.82) is 0 Å². The number of rotatable bonds is 6. The van der Waals surface area contributed by atoms with Gasteiger partial charge in [0.2, 0.25) is 0 Å². The third-order valence-corrected chi connectivity index (χ3v) is 7.00. The second-order valence-electron chi connectivity index (χ2n) is 8.85. The molecule has 2 aromatic carbocycles. The summed E-state index contributed by atoms with van der Waals surface area (Å²) in [6, 6.07) is 12.0. The number of hydrogen-bond donors (Lipinski definition) is 0. The monoisotopic (exact) mass is 459 g/mol. The van der Waals surface area contributed by atoms with Gasteiger partial charge in [0.05, 0.1) is 16.8 Å². The molecule has 1 saturated heterocycles. The molecule has 0 unspecified atom stereocenters. The summed E-state index contributed by atoms with van der Waals surface area (Å²) in [7, 11) is 0. The Hall–Kier alpha value is -4.14. The highest BCUT2D eigenvalue weighted by molar-refractivity contribution is 6.11. The highest BCUT2D eigenvalue weighted by Crippen LogP contribution is 2.53. The van der Waals surface area contributed by atoms with E-state index < -0.39 is 46.3 Å². The Balaban J connectivity index is 1.54. The number of allylic oxidation sites excluding steroid dienone is 2. The average molecular weight is 459 g/mol. The highest BCUT2D eigenvalue weighted by atomic mass is 16.6. The summed E-state index contributed by atoms with van der Waals surface area (Å²) in [5.41, 5.74) is 0.150. The predicted octanol–water partition coefficient (Wildman–Crippen LogP) is 3.03. The molecule has 5 rings (SSSR count). The molecular formula is C25H21N3O6. The van der Waals surface area contributed by atoms with Crippen molar-refractivity contribution in [3.63, 3.8) is 0 Å². The Morgan fingerprint density at radius 1 is 0.941 bits per heavy atom. The van der Waals surface area contributed by atoms with E-state index in [4.69, 9.17) is 0 Å². The number of nitro groups is 1. The number of carbonyl (C=O) groups excluding carboxylic acids is 4. The second kappa shape index (κ2) is 8.02. The minimum Gasteiger partial charge on any atom is -0.292 e. The number of non-ortho nitro benzene ring substituents is 1. The summed E-state index contributed by atoms with van der Waals surface area (Å²) in [6.45, 7) is 1.47. The summed E-state index contributed by atoms with van der Waals surface area (Å²) in [4.78, 5) is 64.2. The van der Waals surface area contributed by atoms with E-state index in [9.17, 15) is 29.3 Å². The molecule has 2 fully saturated rings. The van der Waals surface area contributed by atoms with Crippen LogP contribution in [0, 0.1) is 33.8 Å². The maximum atomic E-state index is 13.6. The van der Waals surface area contributed by atoms with Crippen LogP contribution in [0.3, 0.4) is 0 Å². The second-order valence-corrected chi connectivity index (χ2v) is 8.85. The van der Waals surface area contributed by atoms with Crippen molar-refractivity contribution in [3.8, 4) is 0 Å². The van der Waals surface area contributed by atoms with Crippen LogP contribution in [0.15, 0.2) is 66.7 Å². The fourth-order valence-electron chi connectivity index (χ4n) is 5.35. The van der Waals surface area contributed by atoms with Crippen molar-refractivity contribution in [2.75, 3.05) is 0 Å². The maximum absolute atomic E-state index is 13.6. The molecule has 2 aromatic rings. The van der Waals surface area contributed by atoms with E-state index in [1.54, 1.807) is 30.3 Å². The molecule has 0 N–H and O–H groups in total. The average Bonchev–Trinajstić information content (AvgIpc) is 3.54. The molecule has 1 saturated carbocycles. The van der Waals surface area contributed by atoms with Crippen LogP contribution < -0.4 is 0 Å². The molecule has 1 heterocycles. The third-order valence-electron chi connectivity index (χ3n) is 7.00. The van der Waals surface area contributed by atoms with E-state index in [0.29, 0.717) is 5.56 Å². The summed E-state index contributed by atoms with van der Waals surface area (Å²) in [6.07, 6.45) is 4.62. The molecule has 34 heavy (non-hydrogen) atoms. The lowest BCUT2D eigenvalue weighted by Crippen LogP contribution is -2.56. The van der Waals surface area contributed by atoms with Gasteiger partial charge in [-0.1, -0.05) is 42.5 Å². The van der Waals surface area contributed by atoms with Gasteiger partial charge in [-0.15, -0.1) is 0 Å². The first kappa shape index (κ1) is 21.7. The Labute approximate surface area is 194 Å². The fourth-order valence-corrected chi connectivity index (χ4v) is 5.35. The maximum Gasteiger partial charge on any atom is 0.273 e. The molecular weight excluding hydrogens is 438 g/mol. The third kappa shape index (κ3) is 3.23. The Morgan fingerprint density at radius 3 is 2.03 bits per heavy atom. The van der Waals surface area contributed by atoms with Gasteiger partial charge in [0, 0.05) is 23.3 Å². The van der Waals surface area contributed by atoms with Gasteiger partial charge in [0.1, 0.15) is 6.04 Å². The molecule has 0 radical (unpaired) electrons. The number of imide groups is 1. The van der Waals surface area contributed by atoms with Crippen molar-refractivity contribution in [1.82, 2.24) is 10.0 Å². The topological polar surface area (TPSA) is 118 Å². The summed E-state index contributed by atoms with van der Waals surface area (Å²) < 4.78 is 0. The normalized spacial score (nSPS) is 25.4. The van der Waals surface area contributed by atoms with Crippen molar-refractivity contribution in [2.45, 2.75) is 19.4 Å². The predicted molar refractivity (Wildman–Crippen MR) is 119 cm³/mol. The van der Waals surface area contributed by atoms with Crippen molar-refractivity contribution >= 4 is 29.2 Å². The lowest BCUT2D eigenvalue weighted by atomic mass is 9.85. The Kier molecular flexibility index (Phi) is 5.11. The molecule has 3 aliphatic rings. The summed E-state index contributed by atoms with van der Waals surface area (Å²) in [5, 5.41) is 12.8. The van der Waals surface area contributed by atoms with Gasteiger partial charge < -0.3 is 0 Å². The zero-order chi connectivity index (χ0) is 24.1. The van der Waals surface area contributed by atoms with Crippen LogP contribution in [0.1, 0.15) is 34.1 Å². The fraction of sp³-hybridized carbons (Fsp3) is 0.280. The van der Waals surface area contributed by atoms with Gasteiger partial charge in [-0.25, -0.2) is 5.01 Å². The van der Waals surface area contributed by atoms with Gasteiger partial charge in [0.25, 0.3) is 23.4 Å². The van der Waals surface area contributed by atoms with E-state index in [1.165, 1.54) is 31.2 Å². The molecule has 1 aliphatic heterocycles. The van der Waals surface area contributed by atoms with E-state index in [-0.39, 0.29) is 23.1 Å². The molecule has 2 aliphatic carbocycles. The van der Waals surface area contributed by atoms with Gasteiger partial charge in [-0.2, -0.15) is 5.01 Å². The first-order valence-electron chi connectivity index (χ1n) is 11.0. The van der Waals surface area contributed by atoms with Crippen LogP contribution in [0.4, 0.5) is 5.69 Å².